The van der Waals surface area contributed by atoms with Gasteiger partial charge in [0.25, 0.3) is 0 Å². The number of hydrogen-bond acceptors (Lipinski definition) is 12. The summed E-state index contributed by atoms with van der Waals surface area (Å²) in [4.78, 5) is 71.6. The van der Waals surface area contributed by atoms with Crippen LogP contribution >= 0.6 is 12.4 Å². The minimum Gasteiger partial charge on any atom is -0.481 e. The van der Waals surface area contributed by atoms with Gasteiger partial charge in [0.1, 0.15) is 34.7 Å². The normalized spacial score (nSPS) is 22.3. The molecule has 6 aliphatic rings. The lowest BCUT2D eigenvalue weighted by Crippen LogP contribution is -2.54. The summed E-state index contributed by atoms with van der Waals surface area (Å²) in [6.07, 6.45) is 1.84. The summed E-state index contributed by atoms with van der Waals surface area (Å²) in [6, 6.07) is 28.9. The number of methoxy groups -OCH3 is 2. The van der Waals surface area contributed by atoms with Gasteiger partial charge in [0.05, 0.1) is 54.1 Å². The van der Waals surface area contributed by atoms with Crippen molar-refractivity contribution in [2.45, 2.75) is 157 Å². The van der Waals surface area contributed by atoms with E-state index in [1.165, 1.54) is 122 Å². The van der Waals surface area contributed by atoms with Crippen LogP contribution in [-0.4, -0.2) is 98.7 Å². The van der Waals surface area contributed by atoms with Gasteiger partial charge in [-0.3, -0.25) is 24.0 Å². The number of benzene rings is 6. The largest absolute Gasteiger partial charge is 0.573 e. The molecule has 6 aromatic carbocycles. The number of aromatic carboxylic acids is 1. The molecule has 17 nitrogen and oxygen atoms in total. The van der Waals surface area contributed by atoms with Crippen molar-refractivity contribution in [3.05, 3.63) is 197 Å². The second-order valence-electron chi connectivity index (χ2n) is 29.5. The zero-order valence-electron chi connectivity index (χ0n) is 58.6. The molecule has 15 rings (SSSR count). The fourth-order valence-electron chi connectivity index (χ4n) is 17.1. The highest BCUT2D eigenvalue weighted by Gasteiger charge is 2.57. The highest BCUT2D eigenvalue weighted by molar-refractivity contribution is 6.08. The molecule has 0 atom stereocenters. The number of nitrogens with two attached hydrogens (primary N) is 1. The number of aliphatic carboxylic acids is 1. The zero-order valence-corrected chi connectivity index (χ0v) is 59.4. The maximum Gasteiger partial charge on any atom is 0.573 e. The Balaban J connectivity index is 0.000000195. The Kier molecular flexibility index (Phi) is 27.0. The summed E-state index contributed by atoms with van der Waals surface area (Å²) in [5.74, 6) is -4.54. The van der Waals surface area contributed by atoms with Crippen LogP contribution in [0.15, 0.2) is 146 Å². The average molecular weight is 1600 g/mol. The van der Waals surface area contributed by atoms with Gasteiger partial charge in [0.15, 0.2) is 11.6 Å². The molecule has 6 fully saturated rings. The van der Waals surface area contributed by atoms with Crippen molar-refractivity contribution in [1.82, 2.24) is 13.7 Å². The van der Waals surface area contributed by atoms with Crippen LogP contribution in [0.25, 0.3) is 32.7 Å². The molecule has 30 heteroatoms. The van der Waals surface area contributed by atoms with Crippen molar-refractivity contribution in [2.24, 2.45) is 51.6 Å². The Morgan fingerprint density at radius 3 is 0.955 bits per heavy atom. The molecule has 0 bridgehead atoms. The van der Waals surface area contributed by atoms with Crippen LogP contribution in [0.3, 0.4) is 0 Å². The molecule has 4 N–H and O–H groups in total. The number of ketones is 2. The Bertz CT molecular complexity index is 4840. The smallest absolute Gasteiger partial charge is 0.481 e. The van der Waals surface area contributed by atoms with E-state index in [0.29, 0.717) is 86.8 Å². The molecule has 6 aliphatic carbocycles. The first-order valence-electron chi connectivity index (χ1n) is 34.8. The van der Waals surface area contributed by atoms with Crippen LogP contribution < -0.4 is 19.9 Å². The molecular weight excluding hydrogens is 1510 g/mol. The second kappa shape index (κ2) is 34.5. The van der Waals surface area contributed by atoms with E-state index in [4.69, 9.17) is 15.6 Å². The fraction of sp³-hybridized carbons (Fsp3) is 0.415. The molecule has 0 aliphatic heterocycles. The number of esters is 2. The van der Waals surface area contributed by atoms with E-state index in [2.05, 4.69) is 18.9 Å². The molecule has 9 aromatic rings. The molecule has 0 amide bonds. The molecule has 3 aromatic heterocycles. The lowest BCUT2D eigenvalue weighted by molar-refractivity contribution is -0.275. The molecule has 604 valence electrons. The van der Waals surface area contributed by atoms with E-state index in [9.17, 15) is 86.6 Å². The summed E-state index contributed by atoms with van der Waals surface area (Å²) >= 11 is 0. The van der Waals surface area contributed by atoms with Gasteiger partial charge in [-0.25, -0.2) is 18.0 Å². The van der Waals surface area contributed by atoms with Crippen LogP contribution in [0.5, 0.6) is 17.2 Å². The highest BCUT2D eigenvalue weighted by atomic mass is 35.5. The minimum absolute atomic E-state index is 0. The minimum atomic E-state index is -4.78. The van der Waals surface area contributed by atoms with Crippen molar-refractivity contribution in [2.75, 3.05) is 14.2 Å². The number of ether oxygens (including phenoxy) is 5. The third-order valence-electron chi connectivity index (χ3n) is 21.7. The highest BCUT2D eigenvalue weighted by Crippen LogP contribution is 2.64. The topological polar surface area (TPSA) is 230 Å². The number of carboxylic acids is 2. The van der Waals surface area contributed by atoms with E-state index in [1.54, 1.807) is 33.7 Å². The number of hydrogen-bond donors (Lipinski definition) is 3. The van der Waals surface area contributed by atoms with Crippen molar-refractivity contribution in [3.63, 3.8) is 0 Å². The van der Waals surface area contributed by atoms with Crippen LogP contribution in [0.1, 0.15) is 160 Å². The van der Waals surface area contributed by atoms with Gasteiger partial charge in [-0.1, -0.05) is 58.7 Å². The van der Waals surface area contributed by atoms with Gasteiger partial charge < -0.3 is 53.3 Å². The Morgan fingerprint density at radius 1 is 0.411 bits per heavy atom. The Hall–Kier alpha value is -10.0. The van der Waals surface area contributed by atoms with Gasteiger partial charge in [-0.05, 0) is 213 Å². The third kappa shape index (κ3) is 20.1. The molecule has 6 saturated carbocycles. The summed E-state index contributed by atoms with van der Waals surface area (Å²) in [5.41, 5.74) is 10.2. The van der Waals surface area contributed by atoms with Gasteiger partial charge in [0.2, 0.25) is 0 Å². The SMILES string of the molecule is C.C.C.COC(=O)C1CC2(CC(CC(=O)c3ccc(F)c4ccn(Cc5ccc(OC(F)(F)F)cc5)c34)C2)C1.COC(=O)C1CC2(CC(N)C2)C1.Cl.O=C(CC1CC2(C1)CC(C(=O)O)C2)c1ccc(F)c2ccn(Cc3ccc(OC(F)(F)F)cc3)c12.O=C(O)c1ccc(F)c2ccn(Cc3ccc(OC(F)(F)F)cc3)c12. The van der Waals surface area contributed by atoms with Crippen molar-refractivity contribution in [1.29, 1.82) is 0 Å². The first kappa shape index (κ1) is 87.5. The first-order chi connectivity index (χ1) is 51.0. The average Bonchev–Trinajstić information content (AvgIpc) is 1.04. The number of nitrogens with zero attached hydrogens (tertiary/aromatic N) is 3. The first-order valence-corrected chi connectivity index (χ1v) is 34.8. The standard InChI is InChI=1S/C27H25F4NO4.C26H23F4NO4.C17H11F4NO3.C9H15NO2.3CH4.ClH/c1-35-25(34)18-13-26(14-18)11-17(12-26)10-23(33)21-6-7-22(28)20-8-9-32(24(20)21)15-16-2-4-19(5-3-16)36-27(29,30)31;27-21-6-5-20(22(32)9-16-10-25(11-16)12-17(13-25)24(33)34)23-19(21)7-8-31(23)14-15-1-3-18(4-2-15)35-26(28,29)30;18-14-6-5-13(16(23)24)15-12(14)7-8-22(15)9-10-1-3-11(4-2-10)25-17(19,20)21;1-12-8(11)6-2-9(3-6)4-7(10)5-9;;;;/h2-9,17-18H,10-15H2,1H3;1-8,16-17H,9-14H2,(H,33,34);1-8H,9H2,(H,23,24);6-7H,2-5,10H2,1H3;3*1H4;1H. The number of carbonyl (C=O) groups excluding carboxylic acids is 4. The molecule has 3 heterocycles. The summed E-state index contributed by atoms with van der Waals surface area (Å²) in [7, 11) is 2.85. The van der Waals surface area contributed by atoms with Crippen molar-refractivity contribution in [3.8, 4) is 17.2 Å². The van der Waals surface area contributed by atoms with E-state index in [-0.39, 0.29) is 152 Å². The lowest BCUT2D eigenvalue weighted by Gasteiger charge is -2.57. The van der Waals surface area contributed by atoms with Gasteiger partial charge in [-0.15, -0.1) is 51.9 Å². The van der Waals surface area contributed by atoms with Gasteiger partial charge in [0, 0.05) is 84.4 Å². The van der Waals surface area contributed by atoms with E-state index in [1.807, 2.05) is 0 Å². The van der Waals surface area contributed by atoms with Crippen LogP contribution in [0.2, 0.25) is 0 Å². The monoisotopic (exact) mass is 1600 g/mol. The van der Waals surface area contributed by atoms with Crippen LogP contribution in [0, 0.1) is 63.3 Å². The number of aromatic nitrogens is 3. The van der Waals surface area contributed by atoms with Gasteiger partial charge in [-0.2, -0.15) is 0 Å². The van der Waals surface area contributed by atoms with Crippen molar-refractivity contribution >= 4 is 80.6 Å². The third-order valence-corrected chi connectivity index (χ3v) is 21.7. The Morgan fingerprint density at radius 2 is 0.688 bits per heavy atom. The number of halogens is 13. The predicted molar refractivity (Wildman–Crippen MR) is 394 cm³/mol. The van der Waals surface area contributed by atoms with Crippen LogP contribution in [-0.2, 0) is 43.5 Å². The summed E-state index contributed by atoms with van der Waals surface area (Å²) < 4.78 is 180. The van der Waals surface area contributed by atoms with Gasteiger partial charge >= 0.3 is 43.0 Å². The Labute approximate surface area is 643 Å². The second-order valence-corrected chi connectivity index (χ2v) is 29.5. The molecular formula is C82H87ClF12N4O13. The maximum atomic E-state index is 14.5. The number of rotatable bonds is 19. The quantitative estimate of drug-likeness (QED) is 0.0389. The number of carbonyl (C=O) groups is 6. The van der Waals surface area contributed by atoms with E-state index in [0.717, 1.165) is 82.4 Å². The van der Waals surface area contributed by atoms with Crippen LogP contribution in [0.4, 0.5) is 52.7 Å². The van der Waals surface area contributed by atoms with E-state index < -0.39 is 48.5 Å². The molecule has 0 radical (unpaired) electrons. The maximum absolute atomic E-state index is 14.5. The number of alkyl halides is 9. The molecule has 0 unspecified atom stereocenters. The molecule has 0 saturated heterocycles. The number of carboxylic acid groups (broad SMARTS) is 2. The summed E-state index contributed by atoms with van der Waals surface area (Å²) in [5, 5.41) is 19.2. The fourth-order valence-corrected chi connectivity index (χ4v) is 17.1. The molecule has 3 spiro atoms. The summed E-state index contributed by atoms with van der Waals surface area (Å²) in [6.45, 7) is 0.656. The number of Topliss-reactive ketones (excluding diaryl/α,β-unsaturated/α-hetero) is 2. The number of fused-ring (bicyclic) bond motifs is 3. The van der Waals surface area contributed by atoms with Crippen molar-refractivity contribution < 1.29 is 115 Å². The molecule has 112 heavy (non-hydrogen) atoms. The lowest BCUT2D eigenvalue weighted by atomic mass is 9.47. The predicted octanol–water partition coefficient (Wildman–Crippen LogP) is 19.9. The van der Waals surface area contributed by atoms with E-state index >= 15 is 0 Å². The zero-order chi connectivity index (χ0) is 77.6.